The lowest BCUT2D eigenvalue weighted by molar-refractivity contribution is -0.138. The minimum Gasteiger partial charge on any atom is -0.496 e. The van der Waals surface area contributed by atoms with Gasteiger partial charge in [-0.05, 0) is 31.0 Å². The first-order valence-electron chi connectivity index (χ1n) is 5.65. The van der Waals surface area contributed by atoms with E-state index in [4.69, 9.17) is 9.84 Å². The molecule has 3 heteroatoms. The first kappa shape index (κ1) is 13.6. The van der Waals surface area contributed by atoms with Crippen LogP contribution in [0.5, 0.6) is 5.75 Å². The van der Waals surface area contributed by atoms with Gasteiger partial charge in [0.2, 0.25) is 0 Å². The molecule has 0 saturated carbocycles. The van der Waals surface area contributed by atoms with Crippen LogP contribution in [0.1, 0.15) is 37.0 Å². The summed E-state index contributed by atoms with van der Waals surface area (Å²) in [4.78, 5) is 10.9. The van der Waals surface area contributed by atoms with E-state index in [2.05, 4.69) is 6.07 Å². The highest BCUT2D eigenvalue weighted by atomic mass is 16.5. The van der Waals surface area contributed by atoms with E-state index in [1.165, 1.54) is 0 Å². The summed E-state index contributed by atoms with van der Waals surface area (Å²) in [7, 11) is 1.62. The highest BCUT2D eigenvalue weighted by molar-refractivity contribution is 5.69. The zero-order valence-electron chi connectivity index (χ0n) is 11.1. The number of carboxylic acid groups (broad SMARTS) is 1. The number of benzene rings is 1. The molecule has 0 saturated heterocycles. The molecule has 0 radical (unpaired) electrons. The van der Waals surface area contributed by atoms with Gasteiger partial charge in [-0.2, -0.15) is 0 Å². The van der Waals surface area contributed by atoms with Gasteiger partial charge in [-0.1, -0.05) is 19.9 Å². The Morgan fingerprint density at radius 2 is 1.94 bits per heavy atom. The van der Waals surface area contributed by atoms with Crippen LogP contribution in [-0.2, 0) is 10.2 Å². The Balaban J connectivity index is 3.33. The third-order valence-corrected chi connectivity index (χ3v) is 2.93. The molecule has 0 fully saturated rings. The van der Waals surface area contributed by atoms with E-state index in [0.29, 0.717) is 0 Å². The summed E-state index contributed by atoms with van der Waals surface area (Å²) >= 11 is 0. The van der Waals surface area contributed by atoms with Gasteiger partial charge in [0.15, 0.2) is 0 Å². The van der Waals surface area contributed by atoms with Crippen LogP contribution in [0.4, 0.5) is 0 Å². The number of aliphatic carboxylic acids is 1. The SMILES string of the molecule is COc1cc(C)cc(C)c1C(C)(C)CC(=O)O. The maximum atomic E-state index is 10.9. The molecule has 3 nitrogen and oxygen atoms in total. The molecular formula is C14H20O3. The van der Waals surface area contributed by atoms with Gasteiger partial charge in [0, 0.05) is 11.0 Å². The van der Waals surface area contributed by atoms with Gasteiger partial charge >= 0.3 is 5.97 Å². The molecule has 0 aliphatic rings. The standard InChI is InChI=1S/C14H20O3/c1-9-6-10(2)13(11(7-9)17-5)14(3,4)8-12(15)16/h6-7H,8H2,1-5H3,(H,15,16). The molecular weight excluding hydrogens is 216 g/mol. The molecule has 0 atom stereocenters. The fraction of sp³-hybridized carbons (Fsp3) is 0.500. The number of methoxy groups -OCH3 is 1. The number of aryl methyl sites for hydroxylation is 2. The van der Waals surface area contributed by atoms with Crippen molar-refractivity contribution in [2.45, 2.75) is 39.5 Å². The number of carboxylic acids is 1. The van der Waals surface area contributed by atoms with Crippen molar-refractivity contribution in [2.24, 2.45) is 0 Å². The minimum absolute atomic E-state index is 0.0905. The van der Waals surface area contributed by atoms with Gasteiger partial charge in [-0.25, -0.2) is 0 Å². The van der Waals surface area contributed by atoms with Crippen molar-refractivity contribution >= 4 is 5.97 Å². The predicted octanol–water partition coefficient (Wildman–Crippen LogP) is 3.06. The van der Waals surface area contributed by atoms with E-state index in [9.17, 15) is 4.79 Å². The summed E-state index contributed by atoms with van der Waals surface area (Å²) in [6.07, 6.45) is 0.0905. The summed E-state index contributed by atoms with van der Waals surface area (Å²) in [5.74, 6) is -0.0224. The molecule has 1 aromatic rings. The van der Waals surface area contributed by atoms with Crippen LogP contribution in [0.25, 0.3) is 0 Å². The van der Waals surface area contributed by atoms with Crippen molar-refractivity contribution in [1.82, 2.24) is 0 Å². The Hall–Kier alpha value is -1.51. The summed E-state index contributed by atoms with van der Waals surface area (Å²) in [6, 6.07) is 4.01. The monoisotopic (exact) mass is 236 g/mol. The molecule has 94 valence electrons. The second-order valence-corrected chi connectivity index (χ2v) is 5.11. The zero-order valence-corrected chi connectivity index (χ0v) is 11.1. The molecule has 0 heterocycles. The number of hydrogen-bond acceptors (Lipinski definition) is 2. The lowest BCUT2D eigenvalue weighted by Gasteiger charge is -2.27. The number of rotatable bonds is 4. The first-order chi connectivity index (χ1) is 7.77. The smallest absolute Gasteiger partial charge is 0.304 e. The molecule has 1 N–H and O–H groups in total. The highest BCUT2D eigenvalue weighted by Crippen LogP contribution is 2.37. The lowest BCUT2D eigenvalue weighted by atomic mass is 9.78. The summed E-state index contributed by atoms with van der Waals surface area (Å²) in [5.41, 5.74) is 2.74. The van der Waals surface area contributed by atoms with Crippen molar-refractivity contribution in [3.05, 3.63) is 28.8 Å². The first-order valence-corrected chi connectivity index (χ1v) is 5.65. The highest BCUT2D eigenvalue weighted by Gasteiger charge is 2.29. The fourth-order valence-corrected chi connectivity index (χ4v) is 2.42. The van der Waals surface area contributed by atoms with Crippen LogP contribution >= 0.6 is 0 Å². The Morgan fingerprint density at radius 3 is 2.41 bits per heavy atom. The molecule has 0 bridgehead atoms. The Kier molecular flexibility index (Phi) is 3.81. The molecule has 17 heavy (non-hydrogen) atoms. The predicted molar refractivity (Wildman–Crippen MR) is 67.7 cm³/mol. The van der Waals surface area contributed by atoms with Gasteiger partial charge < -0.3 is 9.84 Å². The van der Waals surface area contributed by atoms with E-state index in [1.54, 1.807) is 7.11 Å². The van der Waals surface area contributed by atoms with E-state index in [-0.39, 0.29) is 6.42 Å². The Bertz CT molecular complexity index is 433. The average molecular weight is 236 g/mol. The minimum atomic E-state index is -0.794. The van der Waals surface area contributed by atoms with Crippen LogP contribution in [0.2, 0.25) is 0 Å². The molecule has 1 rings (SSSR count). The lowest BCUT2D eigenvalue weighted by Crippen LogP contribution is -2.23. The number of carbonyl (C=O) groups is 1. The third-order valence-electron chi connectivity index (χ3n) is 2.93. The molecule has 0 unspecified atom stereocenters. The van der Waals surface area contributed by atoms with Gasteiger partial charge in [-0.3, -0.25) is 4.79 Å². The van der Waals surface area contributed by atoms with Crippen LogP contribution in [0.15, 0.2) is 12.1 Å². The van der Waals surface area contributed by atoms with E-state index in [0.717, 1.165) is 22.4 Å². The maximum Gasteiger partial charge on any atom is 0.304 e. The molecule has 0 amide bonds. The zero-order chi connectivity index (χ0) is 13.2. The van der Waals surface area contributed by atoms with Crippen molar-refractivity contribution < 1.29 is 14.6 Å². The van der Waals surface area contributed by atoms with E-state index in [1.807, 2.05) is 33.8 Å². The van der Waals surface area contributed by atoms with E-state index < -0.39 is 11.4 Å². The molecule has 0 aliphatic heterocycles. The Morgan fingerprint density at radius 1 is 1.35 bits per heavy atom. The summed E-state index contributed by atoms with van der Waals surface area (Å²) < 4.78 is 5.38. The van der Waals surface area contributed by atoms with Crippen LogP contribution in [0, 0.1) is 13.8 Å². The van der Waals surface area contributed by atoms with Gasteiger partial charge in [-0.15, -0.1) is 0 Å². The van der Waals surface area contributed by atoms with Crippen molar-refractivity contribution in [2.75, 3.05) is 7.11 Å². The van der Waals surface area contributed by atoms with Crippen molar-refractivity contribution in [3.63, 3.8) is 0 Å². The van der Waals surface area contributed by atoms with Crippen LogP contribution in [-0.4, -0.2) is 18.2 Å². The molecule has 0 aliphatic carbocycles. The summed E-state index contributed by atoms with van der Waals surface area (Å²) in [5, 5.41) is 8.98. The Labute approximate surface area is 102 Å². The second kappa shape index (κ2) is 4.78. The quantitative estimate of drug-likeness (QED) is 0.874. The normalized spacial score (nSPS) is 11.4. The molecule has 0 aromatic heterocycles. The van der Waals surface area contributed by atoms with Crippen molar-refractivity contribution in [3.8, 4) is 5.75 Å². The average Bonchev–Trinajstić information content (AvgIpc) is 2.13. The van der Waals surface area contributed by atoms with Gasteiger partial charge in [0.05, 0.1) is 13.5 Å². The topological polar surface area (TPSA) is 46.5 Å². The number of hydrogen-bond donors (Lipinski definition) is 1. The van der Waals surface area contributed by atoms with Crippen LogP contribution in [0.3, 0.4) is 0 Å². The van der Waals surface area contributed by atoms with Gasteiger partial charge in [0.25, 0.3) is 0 Å². The molecule has 1 aromatic carbocycles. The van der Waals surface area contributed by atoms with Crippen LogP contribution < -0.4 is 4.74 Å². The molecule has 0 spiro atoms. The largest absolute Gasteiger partial charge is 0.496 e. The second-order valence-electron chi connectivity index (χ2n) is 5.11. The summed E-state index contributed by atoms with van der Waals surface area (Å²) in [6.45, 7) is 7.86. The van der Waals surface area contributed by atoms with Crippen molar-refractivity contribution in [1.29, 1.82) is 0 Å². The fourth-order valence-electron chi connectivity index (χ4n) is 2.42. The van der Waals surface area contributed by atoms with Gasteiger partial charge in [0.1, 0.15) is 5.75 Å². The number of ether oxygens (including phenoxy) is 1. The third kappa shape index (κ3) is 2.99. The van der Waals surface area contributed by atoms with E-state index >= 15 is 0 Å². The maximum absolute atomic E-state index is 10.9.